The first-order valence-electron chi connectivity index (χ1n) is 7.45. The van der Waals surface area contributed by atoms with Crippen LogP contribution in [0.1, 0.15) is 11.7 Å². The van der Waals surface area contributed by atoms with Crippen LogP contribution < -0.4 is 11.1 Å². The molecule has 1 atom stereocenters. The summed E-state index contributed by atoms with van der Waals surface area (Å²) in [6.45, 7) is 0.00761. The van der Waals surface area contributed by atoms with Crippen molar-refractivity contribution in [2.45, 2.75) is 16.6 Å². The molecule has 1 amide bonds. The van der Waals surface area contributed by atoms with Crippen molar-refractivity contribution in [3.8, 4) is 0 Å². The van der Waals surface area contributed by atoms with Crippen molar-refractivity contribution in [2.24, 2.45) is 0 Å². The maximum absolute atomic E-state index is 13.5. The number of ether oxygens (including phenoxy) is 1. The molecule has 142 valence electrons. The fourth-order valence-electron chi connectivity index (χ4n) is 2.29. The molecule has 0 aliphatic heterocycles. The molecule has 0 saturated heterocycles. The lowest BCUT2D eigenvalue weighted by molar-refractivity contribution is 0.131. The van der Waals surface area contributed by atoms with Crippen LogP contribution in [-0.2, 0) is 11.3 Å². The standard InChI is InChI=1S/C15H12Cl3FN6O2/c16-15(17,18)12(24-14(26)27-6-8-4-2-1-3-5-8)25-7-21-9-10(20)22-13(19)23-11(9)25/h1-5,7,12H,6H2,(H,24,26)(H2,20,22,23). The van der Waals surface area contributed by atoms with Gasteiger partial charge in [-0.2, -0.15) is 14.4 Å². The average Bonchev–Trinajstić information content (AvgIpc) is 3.01. The van der Waals surface area contributed by atoms with Crippen molar-refractivity contribution in [1.29, 1.82) is 0 Å². The van der Waals surface area contributed by atoms with Gasteiger partial charge < -0.3 is 10.5 Å². The monoisotopic (exact) mass is 432 g/mol. The Hall–Kier alpha value is -2.36. The molecule has 3 aromatic rings. The van der Waals surface area contributed by atoms with Crippen molar-refractivity contribution < 1.29 is 13.9 Å². The Morgan fingerprint density at radius 1 is 1.30 bits per heavy atom. The fraction of sp³-hybridized carbons (Fsp3) is 0.200. The Morgan fingerprint density at radius 2 is 2.00 bits per heavy atom. The second-order valence-corrected chi connectivity index (χ2v) is 7.72. The van der Waals surface area contributed by atoms with Crippen LogP contribution in [-0.4, -0.2) is 29.4 Å². The zero-order valence-corrected chi connectivity index (χ0v) is 15.7. The molecule has 2 heterocycles. The molecule has 1 unspecified atom stereocenters. The van der Waals surface area contributed by atoms with E-state index in [-0.39, 0.29) is 23.6 Å². The van der Waals surface area contributed by atoms with E-state index in [0.29, 0.717) is 0 Å². The molecule has 0 aliphatic rings. The molecular weight excluding hydrogens is 422 g/mol. The van der Waals surface area contributed by atoms with Crippen molar-refractivity contribution >= 4 is 57.9 Å². The summed E-state index contributed by atoms with van der Waals surface area (Å²) in [4.78, 5) is 23.1. The maximum atomic E-state index is 13.5. The van der Waals surface area contributed by atoms with Crippen LogP contribution in [0.15, 0.2) is 36.7 Å². The summed E-state index contributed by atoms with van der Waals surface area (Å²) in [6.07, 6.45) is -2.06. The number of nitrogens with two attached hydrogens (primary N) is 1. The molecule has 1 aromatic carbocycles. The number of amides is 1. The summed E-state index contributed by atoms with van der Waals surface area (Å²) < 4.78 is 17.8. The number of nitrogen functional groups attached to an aromatic ring is 1. The number of halogens is 4. The van der Waals surface area contributed by atoms with E-state index < -0.39 is 22.1 Å². The number of imidazole rings is 1. The second-order valence-electron chi connectivity index (χ2n) is 5.35. The molecule has 0 bridgehead atoms. The van der Waals surface area contributed by atoms with E-state index >= 15 is 0 Å². The van der Waals surface area contributed by atoms with Crippen LogP contribution in [0.3, 0.4) is 0 Å². The van der Waals surface area contributed by atoms with E-state index in [9.17, 15) is 9.18 Å². The third kappa shape index (κ3) is 4.49. The first-order chi connectivity index (χ1) is 12.8. The van der Waals surface area contributed by atoms with Crippen molar-refractivity contribution in [3.05, 3.63) is 48.3 Å². The van der Waals surface area contributed by atoms with E-state index in [2.05, 4.69) is 20.3 Å². The molecule has 0 aliphatic carbocycles. The van der Waals surface area contributed by atoms with E-state index in [0.717, 1.165) is 10.1 Å². The maximum Gasteiger partial charge on any atom is 0.409 e. The van der Waals surface area contributed by atoms with Gasteiger partial charge in [-0.15, -0.1) is 0 Å². The molecule has 3 N–H and O–H groups in total. The van der Waals surface area contributed by atoms with Gasteiger partial charge >= 0.3 is 12.2 Å². The molecule has 3 rings (SSSR count). The topological polar surface area (TPSA) is 108 Å². The number of carbonyl (C=O) groups excluding carboxylic acids is 1. The highest BCUT2D eigenvalue weighted by Crippen LogP contribution is 2.38. The van der Waals surface area contributed by atoms with E-state index in [4.69, 9.17) is 45.3 Å². The number of alkyl carbamates (subject to hydrolysis) is 1. The molecule has 27 heavy (non-hydrogen) atoms. The van der Waals surface area contributed by atoms with Crippen LogP contribution in [0.25, 0.3) is 11.2 Å². The van der Waals surface area contributed by atoms with E-state index in [1.54, 1.807) is 24.3 Å². The average molecular weight is 434 g/mol. The zero-order chi connectivity index (χ0) is 19.6. The van der Waals surface area contributed by atoms with Gasteiger partial charge in [-0.25, -0.2) is 9.78 Å². The predicted octanol–water partition coefficient (Wildman–Crippen LogP) is 3.34. The lowest BCUT2D eigenvalue weighted by Crippen LogP contribution is -2.40. The third-order valence-corrected chi connectivity index (χ3v) is 4.10. The van der Waals surface area contributed by atoms with Crippen LogP contribution >= 0.6 is 34.8 Å². The van der Waals surface area contributed by atoms with Gasteiger partial charge in [0.25, 0.3) is 0 Å². The first kappa shape index (κ1) is 19.4. The lowest BCUT2D eigenvalue weighted by atomic mass is 10.2. The van der Waals surface area contributed by atoms with Crippen molar-refractivity contribution in [1.82, 2.24) is 24.8 Å². The van der Waals surface area contributed by atoms with Gasteiger partial charge in [0.2, 0.25) is 3.79 Å². The van der Waals surface area contributed by atoms with Gasteiger partial charge in [0.1, 0.15) is 6.61 Å². The zero-order valence-electron chi connectivity index (χ0n) is 13.4. The summed E-state index contributed by atoms with van der Waals surface area (Å²) in [6, 6.07) is 9.00. The summed E-state index contributed by atoms with van der Waals surface area (Å²) in [5.74, 6) is -0.189. The minimum Gasteiger partial charge on any atom is -0.445 e. The number of nitrogens with zero attached hydrogens (tertiary/aromatic N) is 4. The largest absolute Gasteiger partial charge is 0.445 e. The number of hydrogen-bond acceptors (Lipinski definition) is 6. The number of fused-ring (bicyclic) bond motifs is 1. The smallest absolute Gasteiger partial charge is 0.409 e. The summed E-state index contributed by atoms with van der Waals surface area (Å²) in [5.41, 5.74) is 6.42. The summed E-state index contributed by atoms with van der Waals surface area (Å²) in [5, 5.41) is 2.40. The Balaban J connectivity index is 1.84. The number of benzene rings is 1. The van der Waals surface area contributed by atoms with Crippen LogP contribution in [0.2, 0.25) is 0 Å². The van der Waals surface area contributed by atoms with Gasteiger partial charge in [-0.05, 0) is 5.56 Å². The second kappa shape index (κ2) is 7.71. The molecule has 0 radical (unpaired) electrons. The lowest BCUT2D eigenvalue weighted by Gasteiger charge is -2.26. The highest BCUT2D eigenvalue weighted by Gasteiger charge is 2.37. The number of hydrogen-bond donors (Lipinski definition) is 2. The van der Waals surface area contributed by atoms with Gasteiger partial charge in [0.05, 0.1) is 6.33 Å². The molecule has 0 spiro atoms. The molecular formula is C15H12Cl3FN6O2. The number of nitrogens with one attached hydrogen (secondary N) is 1. The normalized spacial score (nSPS) is 12.7. The molecule has 0 fully saturated rings. The Bertz CT molecular complexity index is 963. The summed E-state index contributed by atoms with van der Waals surface area (Å²) in [7, 11) is 0. The highest BCUT2D eigenvalue weighted by molar-refractivity contribution is 6.68. The number of alkyl halides is 3. The predicted molar refractivity (Wildman–Crippen MR) is 98.8 cm³/mol. The minimum atomic E-state index is -2.03. The van der Waals surface area contributed by atoms with E-state index in [1.807, 2.05) is 6.07 Å². The molecule has 8 nitrogen and oxygen atoms in total. The Labute approximate surface area is 167 Å². The minimum absolute atomic E-state index is 0.00761. The van der Waals surface area contributed by atoms with Crippen molar-refractivity contribution in [3.63, 3.8) is 0 Å². The number of anilines is 1. The number of aromatic nitrogens is 4. The highest BCUT2D eigenvalue weighted by atomic mass is 35.6. The van der Waals surface area contributed by atoms with Gasteiger partial charge in [0.15, 0.2) is 23.1 Å². The first-order valence-corrected chi connectivity index (χ1v) is 8.58. The summed E-state index contributed by atoms with van der Waals surface area (Å²) >= 11 is 17.9. The van der Waals surface area contributed by atoms with Gasteiger partial charge in [-0.1, -0.05) is 65.1 Å². The fourth-order valence-corrected chi connectivity index (χ4v) is 2.76. The molecule has 2 aromatic heterocycles. The quantitative estimate of drug-likeness (QED) is 0.482. The molecule has 0 saturated carbocycles. The van der Waals surface area contributed by atoms with Crippen LogP contribution in [0.5, 0.6) is 0 Å². The SMILES string of the molecule is Nc1nc(F)nc2c1ncn2C(NC(=O)OCc1ccccc1)C(Cl)(Cl)Cl. The van der Waals surface area contributed by atoms with Crippen LogP contribution in [0.4, 0.5) is 15.0 Å². The van der Waals surface area contributed by atoms with Gasteiger partial charge in [0, 0.05) is 0 Å². The Kier molecular flexibility index (Phi) is 5.54. The van der Waals surface area contributed by atoms with Gasteiger partial charge in [-0.3, -0.25) is 9.88 Å². The molecule has 12 heteroatoms. The van der Waals surface area contributed by atoms with E-state index in [1.165, 1.54) is 6.33 Å². The Morgan fingerprint density at radius 3 is 2.67 bits per heavy atom. The third-order valence-electron chi connectivity index (χ3n) is 3.48. The van der Waals surface area contributed by atoms with Crippen LogP contribution in [0, 0.1) is 6.08 Å². The number of carbonyl (C=O) groups is 1. The van der Waals surface area contributed by atoms with Crippen molar-refractivity contribution in [2.75, 3.05) is 5.73 Å². The number of rotatable bonds is 4.